The number of sulfonamides is 1. The summed E-state index contributed by atoms with van der Waals surface area (Å²) in [6.45, 7) is 1.07. The van der Waals surface area contributed by atoms with Crippen LogP contribution in [0.15, 0.2) is 47.4 Å². The van der Waals surface area contributed by atoms with Crippen molar-refractivity contribution < 1.29 is 22.7 Å². The first kappa shape index (κ1) is 19.2. The number of carbonyl (C=O) groups is 1. The van der Waals surface area contributed by atoms with Crippen molar-refractivity contribution in [2.24, 2.45) is 5.14 Å². The molecule has 3 N–H and O–H groups in total. The molecule has 0 radical (unpaired) electrons. The normalized spacial score (nSPS) is 14.0. The van der Waals surface area contributed by atoms with Gasteiger partial charge >= 0.3 is 0 Å². The van der Waals surface area contributed by atoms with E-state index in [-0.39, 0.29) is 10.8 Å². The van der Waals surface area contributed by atoms with Gasteiger partial charge < -0.3 is 14.8 Å². The zero-order valence-electron chi connectivity index (χ0n) is 14.1. The Morgan fingerprint density at radius 2 is 1.85 bits per heavy atom. The van der Waals surface area contributed by atoms with E-state index in [0.29, 0.717) is 41.0 Å². The van der Waals surface area contributed by atoms with Crippen molar-refractivity contribution in [3.8, 4) is 11.5 Å². The summed E-state index contributed by atoms with van der Waals surface area (Å²) in [5.74, 6) is 0.658. The average Bonchev–Trinajstić information content (AvgIpc) is 2.85. The summed E-state index contributed by atoms with van der Waals surface area (Å²) in [5, 5.41) is 8.07. The molecule has 1 heterocycles. The Hall–Kier alpha value is -2.55. The van der Waals surface area contributed by atoms with Crippen LogP contribution in [0.2, 0.25) is 5.02 Å². The van der Waals surface area contributed by atoms with Crippen molar-refractivity contribution >= 4 is 39.3 Å². The lowest BCUT2D eigenvalue weighted by Gasteiger charge is -2.10. The SMILES string of the molecule is NS(=O)(=O)c1ccc(NC(=O)/C=C/c2cc(Cl)c3c(c2)OCCCO3)cc1. The first-order valence-electron chi connectivity index (χ1n) is 8.04. The molecule has 0 saturated heterocycles. The molecule has 27 heavy (non-hydrogen) atoms. The summed E-state index contributed by atoms with van der Waals surface area (Å²) < 4.78 is 33.6. The molecule has 7 nitrogen and oxygen atoms in total. The van der Waals surface area contributed by atoms with E-state index in [1.165, 1.54) is 30.3 Å². The molecule has 0 aliphatic carbocycles. The van der Waals surface area contributed by atoms with Gasteiger partial charge in [-0.15, -0.1) is 0 Å². The van der Waals surface area contributed by atoms with Crippen molar-refractivity contribution in [1.29, 1.82) is 0 Å². The largest absolute Gasteiger partial charge is 0.489 e. The summed E-state index contributed by atoms with van der Waals surface area (Å²) in [6, 6.07) is 8.97. The number of ether oxygens (including phenoxy) is 2. The van der Waals surface area contributed by atoms with Crippen molar-refractivity contribution in [2.75, 3.05) is 18.5 Å². The van der Waals surface area contributed by atoms with Gasteiger partial charge in [-0.05, 0) is 48.0 Å². The number of hydrogen-bond acceptors (Lipinski definition) is 5. The lowest BCUT2D eigenvalue weighted by Crippen LogP contribution is -2.12. The van der Waals surface area contributed by atoms with Gasteiger partial charge in [-0.3, -0.25) is 4.79 Å². The lowest BCUT2D eigenvalue weighted by atomic mass is 10.2. The Morgan fingerprint density at radius 1 is 1.15 bits per heavy atom. The number of nitrogens with two attached hydrogens (primary N) is 1. The molecule has 0 fully saturated rings. The van der Waals surface area contributed by atoms with Crippen molar-refractivity contribution in [3.05, 3.63) is 53.1 Å². The maximum absolute atomic E-state index is 12.1. The molecule has 9 heteroatoms. The van der Waals surface area contributed by atoms with E-state index in [1.54, 1.807) is 18.2 Å². The zero-order chi connectivity index (χ0) is 19.4. The maximum atomic E-state index is 12.1. The number of benzene rings is 2. The van der Waals surface area contributed by atoms with Crippen LogP contribution in [-0.4, -0.2) is 27.5 Å². The minimum absolute atomic E-state index is 0.0297. The zero-order valence-corrected chi connectivity index (χ0v) is 15.7. The highest BCUT2D eigenvalue weighted by atomic mass is 35.5. The highest BCUT2D eigenvalue weighted by Crippen LogP contribution is 2.38. The van der Waals surface area contributed by atoms with Gasteiger partial charge in [0.1, 0.15) is 0 Å². The number of halogens is 1. The minimum Gasteiger partial charge on any atom is -0.489 e. The average molecular weight is 409 g/mol. The molecule has 3 rings (SSSR count). The summed E-state index contributed by atoms with van der Waals surface area (Å²) in [7, 11) is -3.77. The summed E-state index contributed by atoms with van der Waals surface area (Å²) in [5.41, 5.74) is 1.12. The van der Waals surface area contributed by atoms with E-state index in [0.717, 1.165) is 6.42 Å². The fourth-order valence-corrected chi connectivity index (χ4v) is 3.22. The molecule has 0 aromatic heterocycles. The second-order valence-electron chi connectivity index (χ2n) is 5.77. The van der Waals surface area contributed by atoms with Crippen LogP contribution in [0, 0.1) is 0 Å². The lowest BCUT2D eigenvalue weighted by molar-refractivity contribution is -0.111. The van der Waals surface area contributed by atoms with Crippen molar-refractivity contribution in [1.82, 2.24) is 0 Å². The fourth-order valence-electron chi connectivity index (χ4n) is 2.43. The minimum atomic E-state index is -3.77. The van der Waals surface area contributed by atoms with Crippen LogP contribution in [0.1, 0.15) is 12.0 Å². The van der Waals surface area contributed by atoms with Crippen LogP contribution in [0.25, 0.3) is 6.08 Å². The van der Waals surface area contributed by atoms with Crippen molar-refractivity contribution in [2.45, 2.75) is 11.3 Å². The van der Waals surface area contributed by atoms with Gasteiger partial charge in [0.05, 0.1) is 23.1 Å². The summed E-state index contributed by atoms with van der Waals surface area (Å²) in [6.07, 6.45) is 3.69. The van der Waals surface area contributed by atoms with Gasteiger partial charge in [-0.2, -0.15) is 0 Å². The first-order chi connectivity index (χ1) is 12.8. The molecular formula is C18H17ClN2O5S. The maximum Gasteiger partial charge on any atom is 0.248 e. The van der Waals surface area contributed by atoms with Crippen LogP contribution in [0.5, 0.6) is 11.5 Å². The quantitative estimate of drug-likeness (QED) is 0.756. The highest BCUT2D eigenvalue weighted by Gasteiger charge is 2.15. The Balaban J connectivity index is 1.70. The van der Waals surface area contributed by atoms with E-state index >= 15 is 0 Å². The Kier molecular flexibility index (Phi) is 5.69. The Bertz CT molecular complexity index is 988. The molecule has 0 bridgehead atoms. The second kappa shape index (κ2) is 7.99. The third kappa shape index (κ3) is 5.00. The number of anilines is 1. The van der Waals surface area contributed by atoms with E-state index in [1.807, 2.05) is 0 Å². The topological polar surface area (TPSA) is 108 Å². The van der Waals surface area contributed by atoms with Crippen LogP contribution >= 0.6 is 11.6 Å². The molecule has 2 aromatic rings. The van der Waals surface area contributed by atoms with Crippen LogP contribution < -0.4 is 19.9 Å². The van der Waals surface area contributed by atoms with Crippen LogP contribution in [-0.2, 0) is 14.8 Å². The molecule has 1 aliphatic heterocycles. The Morgan fingerprint density at radius 3 is 2.56 bits per heavy atom. The number of nitrogens with one attached hydrogen (secondary N) is 1. The third-order valence-electron chi connectivity index (χ3n) is 3.70. The van der Waals surface area contributed by atoms with E-state index < -0.39 is 10.0 Å². The fraction of sp³-hybridized carbons (Fsp3) is 0.167. The second-order valence-corrected chi connectivity index (χ2v) is 7.74. The monoisotopic (exact) mass is 408 g/mol. The van der Waals surface area contributed by atoms with E-state index in [2.05, 4.69) is 5.32 Å². The number of primary sulfonamides is 1. The van der Waals surface area contributed by atoms with E-state index in [4.69, 9.17) is 26.2 Å². The smallest absolute Gasteiger partial charge is 0.248 e. The predicted octanol–water partition coefficient (Wildman–Crippen LogP) is 2.80. The molecule has 2 aromatic carbocycles. The number of carbonyl (C=O) groups excluding carboxylic acids is 1. The van der Waals surface area contributed by atoms with Gasteiger partial charge in [-0.1, -0.05) is 11.6 Å². The summed E-state index contributed by atoms with van der Waals surface area (Å²) >= 11 is 6.22. The molecule has 0 atom stereocenters. The van der Waals surface area contributed by atoms with Gasteiger partial charge in [0.2, 0.25) is 15.9 Å². The molecule has 0 unspecified atom stereocenters. The van der Waals surface area contributed by atoms with E-state index in [9.17, 15) is 13.2 Å². The number of amides is 1. The van der Waals surface area contributed by atoms with Gasteiger partial charge in [-0.25, -0.2) is 13.6 Å². The molecular weight excluding hydrogens is 392 g/mol. The van der Waals surface area contributed by atoms with Gasteiger partial charge in [0.25, 0.3) is 0 Å². The Labute approximate surface area is 161 Å². The first-order valence-corrected chi connectivity index (χ1v) is 9.96. The third-order valence-corrected chi connectivity index (χ3v) is 4.91. The van der Waals surface area contributed by atoms with Crippen LogP contribution in [0.4, 0.5) is 5.69 Å². The van der Waals surface area contributed by atoms with Crippen LogP contribution in [0.3, 0.4) is 0 Å². The number of hydrogen-bond donors (Lipinski definition) is 2. The molecule has 0 saturated carbocycles. The molecule has 142 valence electrons. The number of rotatable bonds is 4. The number of fused-ring (bicyclic) bond motifs is 1. The standard InChI is InChI=1S/C18H17ClN2O5S/c19-15-10-12(11-16-18(15)26-9-1-8-25-16)2-7-17(22)21-13-3-5-14(6-4-13)27(20,23)24/h2-7,10-11H,1,8-9H2,(H,21,22)(H2,20,23,24)/b7-2+. The molecule has 1 amide bonds. The molecule has 1 aliphatic rings. The van der Waals surface area contributed by atoms with Gasteiger partial charge in [0.15, 0.2) is 11.5 Å². The van der Waals surface area contributed by atoms with Gasteiger partial charge in [0, 0.05) is 18.2 Å². The molecule has 0 spiro atoms. The summed E-state index contributed by atoms with van der Waals surface area (Å²) in [4.78, 5) is 12.0. The van der Waals surface area contributed by atoms with Crippen molar-refractivity contribution in [3.63, 3.8) is 0 Å². The highest BCUT2D eigenvalue weighted by molar-refractivity contribution is 7.89. The predicted molar refractivity (Wildman–Crippen MR) is 103 cm³/mol.